The van der Waals surface area contributed by atoms with Crippen LogP contribution in [0, 0.1) is 6.92 Å². The molecule has 0 spiro atoms. The molecule has 4 rings (SSSR count). The highest BCUT2D eigenvalue weighted by molar-refractivity contribution is 5.78. The molecule has 0 aliphatic carbocycles. The molecule has 3 heterocycles. The Morgan fingerprint density at radius 2 is 2.24 bits per heavy atom. The van der Waals surface area contributed by atoms with Crippen molar-refractivity contribution < 1.29 is 24.0 Å². The molecule has 1 atom stereocenters. The van der Waals surface area contributed by atoms with Crippen molar-refractivity contribution in [2.75, 3.05) is 13.2 Å². The molecule has 10 nitrogen and oxygen atoms in total. The number of H-pyrrole nitrogens is 1. The molecule has 0 saturated carbocycles. The van der Waals surface area contributed by atoms with Crippen LogP contribution in [-0.4, -0.2) is 55.2 Å². The van der Waals surface area contributed by atoms with Gasteiger partial charge >= 0.3 is 5.97 Å². The first-order valence-corrected chi connectivity index (χ1v) is 9.02. The molecular formula is C19H19N5O5. The van der Waals surface area contributed by atoms with Crippen LogP contribution in [0.4, 0.5) is 0 Å². The van der Waals surface area contributed by atoms with E-state index in [0.717, 1.165) is 22.5 Å². The average molecular weight is 397 g/mol. The van der Waals surface area contributed by atoms with Crippen LogP contribution in [0.25, 0.3) is 11.4 Å². The Balaban J connectivity index is 1.59. The van der Waals surface area contributed by atoms with E-state index in [0.29, 0.717) is 18.1 Å². The molecule has 2 aromatic heterocycles. The number of imidazole rings is 1. The Kier molecular flexibility index (Phi) is 5.09. The zero-order valence-corrected chi connectivity index (χ0v) is 15.7. The standard InChI is InChI=1S/C19H19N5O5/c1-11-3-2-4-12(5-11)18-22-19(29-23-18)15-6-13-14(21-10-20-13)7-24(15)16(25)8-28-9-17(26)27/h2-5,10,15H,6-9H2,1H3,(H,20,21)(H,26,27). The van der Waals surface area contributed by atoms with Gasteiger partial charge in [-0.2, -0.15) is 4.98 Å². The monoisotopic (exact) mass is 397 g/mol. The summed E-state index contributed by atoms with van der Waals surface area (Å²) in [4.78, 5) is 36.7. The Bertz CT molecular complexity index is 1040. The van der Waals surface area contributed by atoms with Crippen LogP contribution < -0.4 is 0 Å². The molecular weight excluding hydrogens is 378 g/mol. The van der Waals surface area contributed by atoms with Crippen molar-refractivity contribution in [1.29, 1.82) is 0 Å². The maximum absolute atomic E-state index is 12.7. The Hall–Kier alpha value is -3.53. The molecule has 0 fully saturated rings. The molecule has 0 radical (unpaired) electrons. The molecule has 3 aromatic rings. The number of carboxylic acid groups (broad SMARTS) is 1. The van der Waals surface area contributed by atoms with Gasteiger partial charge in [-0.25, -0.2) is 9.78 Å². The van der Waals surface area contributed by atoms with Crippen molar-refractivity contribution in [3.05, 3.63) is 53.4 Å². The molecule has 29 heavy (non-hydrogen) atoms. The van der Waals surface area contributed by atoms with Crippen LogP contribution in [0.15, 0.2) is 35.1 Å². The number of rotatable bonds is 6. The number of aromatic amines is 1. The van der Waals surface area contributed by atoms with Crippen molar-refractivity contribution in [1.82, 2.24) is 25.0 Å². The molecule has 150 valence electrons. The van der Waals surface area contributed by atoms with Gasteiger partial charge in [-0.15, -0.1) is 0 Å². The number of carboxylic acids is 1. The fraction of sp³-hybridized carbons (Fsp3) is 0.316. The van der Waals surface area contributed by atoms with Crippen molar-refractivity contribution in [2.24, 2.45) is 0 Å². The van der Waals surface area contributed by atoms with Gasteiger partial charge in [-0.3, -0.25) is 4.79 Å². The molecule has 0 saturated heterocycles. The Morgan fingerprint density at radius 3 is 3.03 bits per heavy atom. The van der Waals surface area contributed by atoms with Crippen molar-refractivity contribution >= 4 is 11.9 Å². The first-order valence-electron chi connectivity index (χ1n) is 9.02. The first kappa shape index (κ1) is 18.8. The summed E-state index contributed by atoms with van der Waals surface area (Å²) in [6.07, 6.45) is 1.97. The summed E-state index contributed by atoms with van der Waals surface area (Å²) in [5.41, 5.74) is 3.52. The maximum atomic E-state index is 12.7. The summed E-state index contributed by atoms with van der Waals surface area (Å²) in [5, 5.41) is 12.8. The van der Waals surface area contributed by atoms with Gasteiger partial charge in [0.25, 0.3) is 0 Å². The average Bonchev–Trinajstić information content (AvgIpc) is 3.35. The van der Waals surface area contributed by atoms with Gasteiger partial charge in [-0.1, -0.05) is 28.9 Å². The highest BCUT2D eigenvalue weighted by Gasteiger charge is 2.36. The molecule has 1 aliphatic heterocycles. The number of carbonyl (C=O) groups excluding carboxylic acids is 1. The number of hydrogen-bond donors (Lipinski definition) is 2. The van der Waals surface area contributed by atoms with Crippen LogP contribution in [0.2, 0.25) is 0 Å². The minimum absolute atomic E-state index is 0.261. The number of aromatic nitrogens is 4. The van der Waals surface area contributed by atoms with Crippen LogP contribution >= 0.6 is 0 Å². The van der Waals surface area contributed by atoms with E-state index in [1.54, 1.807) is 6.33 Å². The van der Waals surface area contributed by atoms with E-state index in [1.165, 1.54) is 4.90 Å². The van der Waals surface area contributed by atoms with Crippen LogP contribution in [0.5, 0.6) is 0 Å². The van der Waals surface area contributed by atoms with E-state index < -0.39 is 18.6 Å². The number of nitrogens with one attached hydrogen (secondary N) is 1. The number of benzene rings is 1. The predicted octanol–water partition coefficient (Wildman–Crippen LogP) is 1.50. The minimum atomic E-state index is -1.14. The second-order valence-corrected chi connectivity index (χ2v) is 6.78. The first-order chi connectivity index (χ1) is 14.0. The molecule has 1 aliphatic rings. The van der Waals surface area contributed by atoms with Crippen molar-refractivity contribution in [3.8, 4) is 11.4 Å². The zero-order chi connectivity index (χ0) is 20.4. The van der Waals surface area contributed by atoms with Crippen molar-refractivity contribution in [2.45, 2.75) is 25.9 Å². The third-order valence-electron chi connectivity index (χ3n) is 4.67. The fourth-order valence-electron chi connectivity index (χ4n) is 3.30. The van der Waals surface area contributed by atoms with Crippen LogP contribution in [0.1, 0.15) is 28.9 Å². The van der Waals surface area contributed by atoms with Gasteiger partial charge in [0.05, 0.1) is 24.3 Å². The van der Waals surface area contributed by atoms with Crippen molar-refractivity contribution in [3.63, 3.8) is 0 Å². The Morgan fingerprint density at radius 1 is 1.38 bits per heavy atom. The lowest BCUT2D eigenvalue weighted by Crippen LogP contribution is -2.41. The smallest absolute Gasteiger partial charge is 0.329 e. The lowest BCUT2D eigenvalue weighted by atomic mass is 10.0. The SMILES string of the molecule is Cc1cccc(-c2noc(C3Cc4nc[nH]c4CN3C(=O)COCC(=O)O)n2)c1. The molecule has 1 aromatic carbocycles. The topological polar surface area (TPSA) is 134 Å². The van der Waals surface area contributed by atoms with E-state index in [9.17, 15) is 9.59 Å². The number of aliphatic carboxylic acids is 1. The third-order valence-corrected chi connectivity index (χ3v) is 4.67. The zero-order valence-electron chi connectivity index (χ0n) is 15.7. The van der Waals surface area contributed by atoms with Gasteiger partial charge < -0.3 is 24.3 Å². The quantitative estimate of drug-likeness (QED) is 0.639. The molecule has 1 amide bonds. The number of hydrogen-bond acceptors (Lipinski definition) is 7. The highest BCUT2D eigenvalue weighted by atomic mass is 16.5. The lowest BCUT2D eigenvalue weighted by molar-refractivity contribution is -0.147. The molecule has 0 bridgehead atoms. The normalized spacial score (nSPS) is 15.9. The van der Waals surface area contributed by atoms with E-state index in [4.69, 9.17) is 14.4 Å². The Labute approximate surface area is 165 Å². The largest absolute Gasteiger partial charge is 0.480 e. The summed E-state index contributed by atoms with van der Waals surface area (Å²) in [6.45, 7) is 1.34. The summed E-state index contributed by atoms with van der Waals surface area (Å²) in [5.74, 6) is -0.775. The number of fused-ring (bicyclic) bond motifs is 1. The summed E-state index contributed by atoms with van der Waals surface area (Å²) < 4.78 is 10.5. The van der Waals surface area contributed by atoms with Gasteiger partial charge in [-0.05, 0) is 13.0 Å². The van der Waals surface area contributed by atoms with Crippen LogP contribution in [0.3, 0.4) is 0 Å². The van der Waals surface area contributed by atoms with Gasteiger partial charge in [0, 0.05) is 12.0 Å². The van der Waals surface area contributed by atoms with Gasteiger partial charge in [0.2, 0.25) is 17.6 Å². The summed E-state index contributed by atoms with van der Waals surface area (Å²) in [7, 11) is 0. The third kappa shape index (κ3) is 4.02. The molecule has 1 unspecified atom stereocenters. The fourth-order valence-corrected chi connectivity index (χ4v) is 3.30. The number of nitrogens with zero attached hydrogens (tertiary/aromatic N) is 4. The summed E-state index contributed by atoms with van der Waals surface area (Å²) in [6, 6.07) is 7.20. The maximum Gasteiger partial charge on any atom is 0.329 e. The lowest BCUT2D eigenvalue weighted by Gasteiger charge is -2.32. The second kappa shape index (κ2) is 7.84. The number of carbonyl (C=O) groups is 2. The van der Waals surface area contributed by atoms with E-state index in [-0.39, 0.29) is 19.1 Å². The van der Waals surface area contributed by atoms with E-state index in [2.05, 4.69) is 20.1 Å². The van der Waals surface area contributed by atoms with E-state index in [1.807, 2.05) is 31.2 Å². The highest BCUT2D eigenvalue weighted by Crippen LogP contribution is 2.32. The predicted molar refractivity (Wildman–Crippen MR) is 98.5 cm³/mol. The number of ether oxygens (including phenoxy) is 1. The number of amides is 1. The van der Waals surface area contributed by atoms with E-state index >= 15 is 0 Å². The summed E-state index contributed by atoms with van der Waals surface area (Å²) >= 11 is 0. The number of aryl methyl sites for hydroxylation is 1. The molecule has 10 heteroatoms. The van der Waals surface area contributed by atoms with Gasteiger partial charge in [0.15, 0.2) is 0 Å². The molecule has 2 N–H and O–H groups in total. The minimum Gasteiger partial charge on any atom is -0.480 e. The second-order valence-electron chi connectivity index (χ2n) is 6.78. The van der Waals surface area contributed by atoms with Crippen LogP contribution in [-0.2, 0) is 27.3 Å². The van der Waals surface area contributed by atoms with Gasteiger partial charge in [0.1, 0.15) is 19.3 Å².